The van der Waals surface area contributed by atoms with Crippen LogP contribution in [-0.4, -0.2) is 59.1 Å². The summed E-state index contributed by atoms with van der Waals surface area (Å²) in [5.74, 6) is 1.60. The van der Waals surface area contributed by atoms with Crippen LogP contribution in [0.1, 0.15) is 148 Å². The molecule has 0 saturated carbocycles. The smallest absolute Gasteiger partial charge is 0.756 e. The van der Waals surface area contributed by atoms with Gasteiger partial charge in [-0.05, 0) is 31.0 Å². The first-order chi connectivity index (χ1) is 24.2. The van der Waals surface area contributed by atoms with Crippen LogP contribution in [0.3, 0.4) is 0 Å². The molecule has 0 aliphatic carbocycles. The molecular formula is C35H63N5NaO8PS. The Morgan fingerprint density at radius 2 is 1.55 bits per heavy atom. The molecule has 1 aliphatic rings. The standard InChI is InChI=1S/C35H64N5O8PS.Na/c1-4-6-8-10-12-14-15-17-19-21-23-50-28-30(45-22-20-18-16-13-11-9-7-5-2)26-46-49(43,44)47-27-32-31(38-39-36)24-33(48-32)40-25-29(3)34(41)37-35(40)42;/h25,30-33H,4-24,26-28H2,1-3H3,(H,43,44)(H,37,41,42);/q;+1/p-1/t30-,31+,32-,33-;/m1./s1. The molecule has 0 radical (unpaired) electrons. The van der Waals surface area contributed by atoms with Crippen molar-refractivity contribution in [2.24, 2.45) is 5.11 Å². The van der Waals surface area contributed by atoms with E-state index < -0.39 is 50.2 Å². The summed E-state index contributed by atoms with van der Waals surface area (Å²) in [4.78, 5) is 42.0. The van der Waals surface area contributed by atoms with Gasteiger partial charge in [-0.1, -0.05) is 122 Å². The van der Waals surface area contributed by atoms with Gasteiger partial charge in [-0.25, -0.2) is 4.79 Å². The van der Waals surface area contributed by atoms with Crippen LogP contribution in [0.25, 0.3) is 10.4 Å². The third kappa shape index (κ3) is 21.7. The van der Waals surface area contributed by atoms with E-state index in [-0.39, 0.29) is 42.6 Å². The minimum Gasteiger partial charge on any atom is -0.756 e. The minimum atomic E-state index is -4.76. The van der Waals surface area contributed by atoms with Crippen molar-refractivity contribution < 1.29 is 57.5 Å². The Labute approximate surface area is 331 Å². The van der Waals surface area contributed by atoms with Gasteiger partial charge in [-0.15, -0.1) is 0 Å². The van der Waals surface area contributed by atoms with Gasteiger partial charge in [-0.3, -0.25) is 18.9 Å². The molecule has 1 saturated heterocycles. The Bertz CT molecular complexity index is 1270. The number of rotatable bonds is 31. The summed E-state index contributed by atoms with van der Waals surface area (Å²) in [7, 11) is -4.76. The summed E-state index contributed by atoms with van der Waals surface area (Å²) in [6.07, 6.45) is 21.5. The van der Waals surface area contributed by atoms with E-state index >= 15 is 0 Å². The van der Waals surface area contributed by atoms with E-state index in [9.17, 15) is 19.0 Å². The van der Waals surface area contributed by atoms with Gasteiger partial charge < -0.3 is 23.4 Å². The number of unbranched alkanes of at least 4 members (excludes halogenated alkanes) is 16. The fraction of sp³-hybridized carbons (Fsp3) is 0.886. The van der Waals surface area contributed by atoms with E-state index in [1.807, 2.05) is 0 Å². The second-order valence-electron chi connectivity index (χ2n) is 13.4. The number of aromatic nitrogens is 2. The van der Waals surface area contributed by atoms with E-state index in [0.29, 0.717) is 17.9 Å². The van der Waals surface area contributed by atoms with Crippen molar-refractivity contribution in [3.8, 4) is 0 Å². The first kappa shape index (κ1) is 48.4. The monoisotopic (exact) mass is 767 g/mol. The predicted molar refractivity (Wildman–Crippen MR) is 199 cm³/mol. The van der Waals surface area contributed by atoms with Crippen LogP contribution in [0.4, 0.5) is 0 Å². The molecule has 0 bridgehead atoms. The topological polar surface area (TPSA) is 181 Å². The molecule has 2 rings (SSSR count). The second kappa shape index (κ2) is 29.7. The summed E-state index contributed by atoms with van der Waals surface area (Å²) in [5.41, 5.74) is 8.14. The van der Waals surface area contributed by atoms with Gasteiger partial charge in [-0.2, -0.15) is 11.8 Å². The summed E-state index contributed by atoms with van der Waals surface area (Å²) in [5, 5.41) is 3.71. The molecule has 1 unspecified atom stereocenters. The average molecular weight is 768 g/mol. The van der Waals surface area contributed by atoms with Crippen molar-refractivity contribution in [1.82, 2.24) is 9.55 Å². The van der Waals surface area contributed by atoms with Crippen molar-refractivity contribution in [3.63, 3.8) is 0 Å². The Morgan fingerprint density at radius 1 is 0.980 bits per heavy atom. The number of hydrogen-bond donors (Lipinski definition) is 1. The summed E-state index contributed by atoms with van der Waals surface area (Å²) >= 11 is 1.76. The number of nitrogens with zero attached hydrogens (tertiary/aromatic N) is 4. The molecule has 1 N–H and O–H groups in total. The van der Waals surface area contributed by atoms with Gasteiger partial charge >= 0.3 is 35.2 Å². The van der Waals surface area contributed by atoms with Gasteiger partial charge in [0.1, 0.15) is 6.23 Å². The molecule has 1 fully saturated rings. The normalized spacial score (nSPS) is 18.9. The molecular weight excluding hydrogens is 704 g/mol. The minimum absolute atomic E-state index is 0. The van der Waals surface area contributed by atoms with Crippen LogP contribution in [-0.2, 0) is 23.1 Å². The zero-order valence-electron chi connectivity index (χ0n) is 31.8. The van der Waals surface area contributed by atoms with Crippen LogP contribution in [0, 0.1) is 6.92 Å². The van der Waals surface area contributed by atoms with E-state index in [1.54, 1.807) is 18.7 Å². The summed E-state index contributed by atoms with van der Waals surface area (Å²) in [6.45, 7) is 5.92. The van der Waals surface area contributed by atoms with Crippen LogP contribution in [0.15, 0.2) is 20.9 Å². The van der Waals surface area contributed by atoms with E-state index in [0.717, 1.165) is 25.0 Å². The third-order valence-electron chi connectivity index (χ3n) is 8.97. The molecule has 0 spiro atoms. The maximum absolute atomic E-state index is 12.8. The van der Waals surface area contributed by atoms with Gasteiger partial charge in [0.05, 0.1) is 31.5 Å². The number of hydrogen-bond acceptors (Lipinski definition) is 10. The molecule has 0 amide bonds. The van der Waals surface area contributed by atoms with Crippen LogP contribution >= 0.6 is 19.6 Å². The SMILES string of the molecule is CCCCCCCCCCCCSC[C@@H](COP(=O)([O-])OC[C@H]1O[C@@H](n2cc(C)c(=O)[nH]c2=O)C[C@@H]1N=[N+]=[N-])OCCCCCCCCCC.[Na+]. The van der Waals surface area contributed by atoms with E-state index in [2.05, 4.69) is 28.9 Å². The maximum Gasteiger partial charge on any atom is 1.00 e. The number of phosphoric acid groups is 1. The van der Waals surface area contributed by atoms with Crippen molar-refractivity contribution in [3.05, 3.63) is 43.0 Å². The Hall–Kier alpha value is -0.630. The number of aromatic amines is 1. The van der Waals surface area contributed by atoms with Gasteiger partial charge in [0, 0.05) is 35.5 Å². The zero-order valence-corrected chi connectivity index (χ0v) is 35.5. The Balaban J connectivity index is 0.0000130. The predicted octanol–water partition coefficient (Wildman–Crippen LogP) is 5.50. The van der Waals surface area contributed by atoms with Crippen LogP contribution in [0.5, 0.6) is 0 Å². The molecule has 16 heteroatoms. The quantitative estimate of drug-likeness (QED) is 0.0255. The summed E-state index contributed by atoms with van der Waals surface area (Å²) < 4.78 is 36.4. The number of nitrogens with one attached hydrogen (secondary N) is 1. The third-order valence-corrected chi connectivity index (χ3v) is 11.1. The van der Waals surface area contributed by atoms with Gasteiger partial charge in [0.15, 0.2) is 0 Å². The first-order valence-electron chi connectivity index (χ1n) is 19.0. The molecule has 2 heterocycles. The number of ether oxygens (including phenoxy) is 2. The summed E-state index contributed by atoms with van der Waals surface area (Å²) in [6, 6.07) is -0.797. The van der Waals surface area contributed by atoms with Gasteiger partial charge in [0.2, 0.25) is 0 Å². The number of phosphoric ester groups is 1. The number of H-pyrrole nitrogens is 1. The van der Waals surface area contributed by atoms with E-state index in [4.69, 9.17) is 24.1 Å². The molecule has 0 aromatic carbocycles. The Morgan fingerprint density at radius 3 is 2.14 bits per heavy atom. The van der Waals surface area contributed by atoms with Crippen LogP contribution < -0.4 is 45.7 Å². The molecule has 288 valence electrons. The van der Waals surface area contributed by atoms with Crippen molar-refractivity contribution in [2.45, 2.75) is 167 Å². The molecule has 51 heavy (non-hydrogen) atoms. The fourth-order valence-corrected chi connectivity index (χ4v) is 7.72. The zero-order chi connectivity index (χ0) is 36.5. The molecule has 5 atom stereocenters. The molecule has 1 aliphatic heterocycles. The largest absolute Gasteiger partial charge is 1.00 e. The number of thioether (sulfide) groups is 1. The first-order valence-corrected chi connectivity index (χ1v) is 21.6. The molecule has 1 aromatic rings. The fourth-order valence-electron chi connectivity index (χ4n) is 5.94. The molecule has 13 nitrogen and oxygen atoms in total. The van der Waals surface area contributed by atoms with E-state index in [1.165, 1.54) is 107 Å². The van der Waals surface area contributed by atoms with Crippen molar-refractivity contribution >= 4 is 19.6 Å². The Kier molecular flexibility index (Phi) is 28.2. The van der Waals surface area contributed by atoms with Crippen LogP contribution in [0.2, 0.25) is 0 Å². The average Bonchev–Trinajstić information content (AvgIpc) is 3.49. The molecule has 1 aromatic heterocycles. The maximum atomic E-state index is 12.8. The van der Waals surface area contributed by atoms with Crippen molar-refractivity contribution in [2.75, 3.05) is 31.3 Å². The van der Waals surface area contributed by atoms with Gasteiger partial charge in [0.25, 0.3) is 13.4 Å². The second-order valence-corrected chi connectivity index (χ2v) is 15.9. The van der Waals surface area contributed by atoms with Crippen molar-refractivity contribution in [1.29, 1.82) is 0 Å². The number of aryl methyl sites for hydroxylation is 1. The number of azide groups is 1.